The van der Waals surface area contributed by atoms with Gasteiger partial charge in [0.1, 0.15) is 0 Å². The van der Waals surface area contributed by atoms with Gasteiger partial charge in [0.2, 0.25) is 5.88 Å². The van der Waals surface area contributed by atoms with Crippen LogP contribution >= 0.6 is 11.3 Å². The van der Waals surface area contributed by atoms with Crippen molar-refractivity contribution in [3.8, 4) is 5.88 Å². The van der Waals surface area contributed by atoms with Gasteiger partial charge in [-0.1, -0.05) is 12.1 Å². The molecule has 1 aromatic carbocycles. The van der Waals surface area contributed by atoms with E-state index in [2.05, 4.69) is 15.4 Å². The molecule has 1 N–H and O–H groups in total. The second kappa shape index (κ2) is 6.37. The maximum atomic E-state index is 12.2. The Bertz CT molecular complexity index is 840. The molecule has 0 saturated carbocycles. The number of fused-ring (bicyclic) bond motifs is 1. The van der Waals surface area contributed by atoms with Gasteiger partial charge in [-0.05, 0) is 26.0 Å². The van der Waals surface area contributed by atoms with Crippen LogP contribution in [0.5, 0.6) is 5.88 Å². The number of thiazole rings is 1. The Morgan fingerprint density at radius 2 is 2.22 bits per heavy atom. The van der Waals surface area contributed by atoms with Gasteiger partial charge in [0.25, 0.3) is 5.91 Å². The van der Waals surface area contributed by atoms with Gasteiger partial charge in [0, 0.05) is 12.4 Å². The van der Waals surface area contributed by atoms with Gasteiger partial charge < -0.3 is 10.1 Å². The van der Waals surface area contributed by atoms with E-state index in [1.54, 1.807) is 22.9 Å². The monoisotopic (exact) mass is 330 g/mol. The number of amides is 1. The number of hydrogen-bond donors (Lipinski definition) is 1. The summed E-state index contributed by atoms with van der Waals surface area (Å²) in [5.41, 5.74) is 1.82. The molecule has 7 heteroatoms. The number of rotatable bonds is 5. The highest BCUT2D eigenvalue weighted by Gasteiger charge is 2.18. The summed E-state index contributed by atoms with van der Waals surface area (Å²) in [6, 6.07) is 7.76. The van der Waals surface area contributed by atoms with Crippen LogP contribution in [0, 0.1) is 6.92 Å². The summed E-state index contributed by atoms with van der Waals surface area (Å²) in [4.78, 5) is 16.5. The van der Waals surface area contributed by atoms with Crippen LogP contribution in [-0.4, -0.2) is 26.8 Å². The molecule has 1 amide bonds. The smallest absolute Gasteiger partial charge is 0.261 e. The molecule has 2 heterocycles. The second-order valence-corrected chi connectivity index (χ2v) is 6.34. The Hall–Kier alpha value is -2.41. The van der Waals surface area contributed by atoms with Crippen molar-refractivity contribution >= 4 is 28.1 Å². The highest BCUT2D eigenvalue weighted by molar-refractivity contribution is 7.09. The SMILES string of the molecule is Cc1nc(CNC(=O)C(C)Oc2nn(C)c3ccccc23)cs1. The van der Waals surface area contributed by atoms with Crippen molar-refractivity contribution in [1.29, 1.82) is 0 Å². The molecule has 1 atom stereocenters. The molecule has 6 nitrogen and oxygen atoms in total. The third kappa shape index (κ3) is 3.34. The van der Waals surface area contributed by atoms with E-state index in [-0.39, 0.29) is 5.91 Å². The third-order valence-electron chi connectivity index (χ3n) is 3.49. The standard InChI is InChI=1S/C16H18N4O2S/c1-10(15(21)17-8-12-9-23-11(2)18-12)22-16-13-6-4-5-7-14(13)20(3)19-16/h4-7,9-10H,8H2,1-3H3,(H,17,21). The number of carbonyl (C=O) groups is 1. The Kier molecular flexibility index (Phi) is 4.29. The predicted octanol–water partition coefficient (Wildman–Crippen LogP) is 2.42. The summed E-state index contributed by atoms with van der Waals surface area (Å²) < 4.78 is 7.49. The van der Waals surface area contributed by atoms with Gasteiger partial charge >= 0.3 is 0 Å². The molecule has 0 bridgehead atoms. The molecule has 23 heavy (non-hydrogen) atoms. The molecule has 0 aliphatic heterocycles. The number of ether oxygens (including phenoxy) is 1. The number of carbonyl (C=O) groups excluding carboxylic acids is 1. The molecule has 0 fully saturated rings. The Morgan fingerprint density at radius 3 is 2.96 bits per heavy atom. The first-order valence-corrected chi connectivity index (χ1v) is 8.19. The Labute approximate surface area is 138 Å². The van der Waals surface area contributed by atoms with E-state index < -0.39 is 6.10 Å². The highest BCUT2D eigenvalue weighted by atomic mass is 32.1. The van der Waals surface area contributed by atoms with Crippen molar-refractivity contribution in [3.63, 3.8) is 0 Å². The fourth-order valence-electron chi connectivity index (χ4n) is 2.30. The number of aryl methyl sites for hydroxylation is 2. The molecular weight excluding hydrogens is 312 g/mol. The van der Waals surface area contributed by atoms with Crippen molar-refractivity contribution in [3.05, 3.63) is 40.3 Å². The Balaban J connectivity index is 1.65. The zero-order chi connectivity index (χ0) is 16.4. The van der Waals surface area contributed by atoms with Gasteiger partial charge in [0.05, 0.1) is 28.1 Å². The largest absolute Gasteiger partial charge is 0.463 e. The summed E-state index contributed by atoms with van der Waals surface area (Å²) >= 11 is 1.56. The van der Waals surface area contributed by atoms with E-state index >= 15 is 0 Å². The molecule has 120 valence electrons. The fraction of sp³-hybridized carbons (Fsp3) is 0.312. The summed E-state index contributed by atoms with van der Waals surface area (Å²) in [5, 5.41) is 11.0. The number of nitrogens with one attached hydrogen (secondary N) is 1. The first-order valence-electron chi connectivity index (χ1n) is 7.31. The zero-order valence-electron chi connectivity index (χ0n) is 13.2. The lowest BCUT2D eigenvalue weighted by Gasteiger charge is -2.12. The molecule has 1 unspecified atom stereocenters. The second-order valence-electron chi connectivity index (χ2n) is 5.28. The van der Waals surface area contributed by atoms with Crippen LogP contribution in [0.4, 0.5) is 0 Å². The van der Waals surface area contributed by atoms with Crippen molar-refractivity contribution in [2.75, 3.05) is 0 Å². The first-order chi connectivity index (χ1) is 11.0. The minimum Gasteiger partial charge on any atom is -0.463 e. The first kappa shape index (κ1) is 15.5. The Morgan fingerprint density at radius 1 is 1.43 bits per heavy atom. The number of hydrogen-bond acceptors (Lipinski definition) is 5. The van der Waals surface area contributed by atoms with E-state index in [4.69, 9.17) is 4.74 Å². The zero-order valence-corrected chi connectivity index (χ0v) is 14.1. The summed E-state index contributed by atoms with van der Waals surface area (Å²) in [6.45, 7) is 4.05. The number of aromatic nitrogens is 3. The maximum Gasteiger partial charge on any atom is 0.261 e. The quantitative estimate of drug-likeness (QED) is 0.780. The van der Waals surface area contributed by atoms with Crippen LogP contribution in [-0.2, 0) is 18.4 Å². The van der Waals surface area contributed by atoms with E-state index in [1.165, 1.54) is 0 Å². The molecule has 3 rings (SSSR count). The lowest BCUT2D eigenvalue weighted by molar-refractivity contribution is -0.127. The van der Waals surface area contributed by atoms with Crippen LogP contribution in [0.3, 0.4) is 0 Å². The lowest BCUT2D eigenvalue weighted by Crippen LogP contribution is -2.36. The van der Waals surface area contributed by atoms with Gasteiger partial charge in [-0.25, -0.2) is 4.98 Å². The van der Waals surface area contributed by atoms with Crippen LogP contribution < -0.4 is 10.1 Å². The van der Waals surface area contributed by atoms with Crippen molar-refractivity contribution in [2.24, 2.45) is 7.05 Å². The molecule has 0 aliphatic carbocycles. The fourth-order valence-corrected chi connectivity index (χ4v) is 2.91. The van der Waals surface area contributed by atoms with Crippen molar-refractivity contribution < 1.29 is 9.53 Å². The van der Waals surface area contributed by atoms with Gasteiger partial charge in [-0.3, -0.25) is 9.48 Å². The summed E-state index contributed by atoms with van der Waals surface area (Å²) in [5.74, 6) is 0.278. The normalized spacial score (nSPS) is 12.3. The van der Waals surface area contributed by atoms with E-state index in [0.717, 1.165) is 21.6 Å². The molecule has 0 spiro atoms. The maximum absolute atomic E-state index is 12.2. The van der Waals surface area contributed by atoms with Crippen LogP contribution in [0.25, 0.3) is 10.9 Å². The summed E-state index contributed by atoms with van der Waals surface area (Å²) in [7, 11) is 1.85. The minimum atomic E-state index is -0.631. The minimum absolute atomic E-state index is 0.189. The number of nitrogens with zero attached hydrogens (tertiary/aromatic N) is 3. The molecule has 3 aromatic rings. The van der Waals surface area contributed by atoms with Crippen LogP contribution in [0.1, 0.15) is 17.6 Å². The predicted molar refractivity (Wildman–Crippen MR) is 89.5 cm³/mol. The average Bonchev–Trinajstić information content (AvgIpc) is 3.09. The molecule has 0 saturated heterocycles. The summed E-state index contributed by atoms with van der Waals surface area (Å²) in [6.07, 6.45) is -0.631. The molecule has 0 radical (unpaired) electrons. The molecule has 0 aliphatic rings. The number of para-hydroxylation sites is 1. The van der Waals surface area contributed by atoms with E-state index in [9.17, 15) is 4.79 Å². The molecular formula is C16H18N4O2S. The number of benzene rings is 1. The third-order valence-corrected chi connectivity index (χ3v) is 4.31. The van der Waals surface area contributed by atoms with Gasteiger partial charge in [0.15, 0.2) is 6.10 Å². The van der Waals surface area contributed by atoms with E-state index in [1.807, 2.05) is 43.6 Å². The highest BCUT2D eigenvalue weighted by Crippen LogP contribution is 2.24. The van der Waals surface area contributed by atoms with Gasteiger partial charge in [-0.2, -0.15) is 0 Å². The van der Waals surface area contributed by atoms with Crippen molar-refractivity contribution in [1.82, 2.24) is 20.1 Å². The lowest BCUT2D eigenvalue weighted by atomic mass is 10.2. The van der Waals surface area contributed by atoms with E-state index in [0.29, 0.717) is 12.4 Å². The van der Waals surface area contributed by atoms with Gasteiger partial charge in [-0.15, -0.1) is 16.4 Å². The van der Waals surface area contributed by atoms with Crippen LogP contribution in [0.2, 0.25) is 0 Å². The molecule has 2 aromatic heterocycles. The van der Waals surface area contributed by atoms with Crippen LogP contribution in [0.15, 0.2) is 29.6 Å². The van der Waals surface area contributed by atoms with Crippen molar-refractivity contribution in [2.45, 2.75) is 26.5 Å². The average molecular weight is 330 g/mol. The topological polar surface area (TPSA) is 69.0 Å².